The lowest BCUT2D eigenvalue weighted by molar-refractivity contribution is 0.0481. The third-order valence-corrected chi connectivity index (χ3v) is 6.84. The van der Waals surface area contributed by atoms with Crippen LogP contribution in [0, 0.1) is 5.92 Å². The van der Waals surface area contributed by atoms with Crippen molar-refractivity contribution in [2.75, 3.05) is 26.7 Å². The molecule has 0 radical (unpaired) electrons. The normalized spacial score (nSPS) is 20.8. The maximum Gasteiger partial charge on any atom is 0.416 e. The molecule has 0 unspecified atom stereocenters. The molecule has 1 amide bonds. The quantitative estimate of drug-likeness (QED) is 0.579. The van der Waals surface area contributed by atoms with Crippen molar-refractivity contribution in [1.82, 2.24) is 19.6 Å². The molecule has 0 atom stereocenters. The SMILES string of the molecule is CCc1cc(OC(=O)N(C)CC2CC(Oc3cccc(CN4CCCC4)c3Cl)C2)n(C)n1. The zero-order valence-corrected chi connectivity index (χ0v) is 20.0. The lowest BCUT2D eigenvalue weighted by Crippen LogP contribution is -2.42. The lowest BCUT2D eigenvalue weighted by atomic mass is 9.82. The third-order valence-electron chi connectivity index (χ3n) is 6.41. The molecule has 1 aliphatic heterocycles. The summed E-state index contributed by atoms with van der Waals surface area (Å²) in [6.45, 7) is 5.82. The Labute approximate surface area is 195 Å². The van der Waals surface area contributed by atoms with Gasteiger partial charge in [0.2, 0.25) is 5.88 Å². The molecular weight excluding hydrogens is 428 g/mol. The molecule has 2 fully saturated rings. The minimum absolute atomic E-state index is 0.133. The Bertz CT molecular complexity index is 935. The van der Waals surface area contributed by atoms with E-state index in [9.17, 15) is 4.79 Å². The molecule has 0 spiro atoms. The van der Waals surface area contributed by atoms with Crippen LogP contribution in [0.15, 0.2) is 24.3 Å². The van der Waals surface area contributed by atoms with E-state index in [-0.39, 0.29) is 12.2 Å². The highest BCUT2D eigenvalue weighted by atomic mass is 35.5. The summed E-state index contributed by atoms with van der Waals surface area (Å²) in [5.74, 6) is 1.63. The number of carbonyl (C=O) groups excluding carboxylic acids is 1. The molecule has 32 heavy (non-hydrogen) atoms. The van der Waals surface area contributed by atoms with Gasteiger partial charge < -0.3 is 14.4 Å². The van der Waals surface area contributed by atoms with E-state index < -0.39 is 0 Å². The summed E-state index contributed by atoms with van der Waals surface area (Å²) in [6, 6.07) is 7.87. The molecule has 1 saturated carbocycles. The fraction of sp³-hybridized carbons (Fsp3) is 0.583. The smallest absolute Gasteiger partial charge is 0.416 e. The van der Waals surface area contributed by atoms with Crippen LogP contribution in [-0.2, 0) is 20.0 Å². The second-order valence-electron chi connectivity index (χ2n) is 8.99. The van der Waals surface area contributed by atoms with Crippen molar-refractivity contribution in [2.24, 2.45) is 13.0 Å². The Morgan fingerprint density at radius 3 is 2.72 bits per heavy atom. The minimum atomic E-state index is -0.363. The summed E-state index contributed by atoms with van der Waals surface area (Å²) in [7, 11) is 3.55. The van der Waals surface area contributed by atoms with Crippen LogP contribution in [0.5, 0.6) is 11.6 Å². The molecule has 2 heterocycles. The Hall–Kier alpha value is -2.25. The van der Waals surface area contributed by atoms with Crippen molar-refractivity contribution in [3.05, 3.63) is 40.5 Å². The number of likely N-dealkylation sites (tertiary alicyclic amines) is 1. The summed E-state index contributed by atoms with van der Waals surface area (Å²) in [4.78, 5) is 16.5. The zero-order valence-electron chi connectivity index (χ0n) is 19.2. The van der Waals surface area contributed by atoms with Gasteiger partial charge in [-0.05, 0) is 62.7 Å². The average molecular weight is 461 g/mol. The van der Waals surface area contributed by atoms with Gasteiger partial charge in [-0.3, -0.25) is 4.90 Å². The highest BCUT2D eigenvalue weighted by Gasteiger charge is 2.33. The van der Waals surface area contributed by atoms with Gasteiger partial charge in [-0.2, -0.15) is 5.10 Å². The van der Waals surface area contributed by atoms with E-state index in [4.69, 9.17) is 21.1 Å². The molecule has 174 valence electrons. The Morgan fingerprint density at radius 2 is 2.03 bits per heavy atom. The molecular formula is C24H33ClN4O3. The Balaban J connectivity index is 1.23. The first-order valence-corrected chi connectivity index (χ1v) is 11.9. The highest BCUT2D eigenvalue weighted by molar-refractivity contribution is 6.32. The summed E-state index contributed by atoms with van der Waals surface area (Å²) in [5, 5.41) is 5.04. The second-order valence-corrected chi connectivity index (χ2v) is 9.37. The lowest BCUT2D eigenvalue weighted by Gasteiger charge is -2.37. The molecule has 8 heteroatoms. The number of rotatable bonds is 8. The maximum absolute atomic E-state index is 12.4. The van der Waals surface area contributed by atoms with E-state index in [2.05, 4.69) is 16.1 Å². The number of ether oxygens (including phenoxy) is 2. The molecule has 1 aromatic heterocycles. The summed E-state index contributed by atoms with van der Waals surface area (Å²) >= 11 is 6.65. The van der Waals surface area contributed by atoms with Crippen LogP contribution >= 0.6 is 11.6 Å². The number of hydrogen-bond donors (Lipinski definition) is 0. The number of aromatic nitrogens is 2. The monoisotopic (exact) mass is 460 g/mol. The van der Waals surface area contributed by atoms with E-state index in [1.165, 1.54) is 12.8 Å². The fourth-order valence-electron chi connectivity index (χ4n) is 4.45. The minimum Gasteiger partial charge on any atom is -0.489 e. The molecule has 1 saturated heterocycles. The molecule has 1 aliphatic carbocycles. The van der Waals surface area contributed by atoms with Gasteiger partial charge >= 0.3 is 6.09 Å². The second kappa shape index (κ2) is 10.1. The molecule has 0 bridgehead atoms. The summed E-state index contributed by atoms with van der Waals surface area (Å²) in [5.41, 5.74) is 2.03. The number of halogens is 1. The Kier molecular flexibility index (Phi) is 7.26. The van der Waals surface area contributed by atoms with Gasteiger partial charge in [0.15, 0.2) is 0 Å². The molecule has 2 aliphatic rings. The fourth-order valence-corrected chi connectivity index (χ4v) is 4.68. The molecule has 7 nitrogen and oxygen atoms in total. The molecule has 1 aromatic carbocycles. The van der Waals surface area contributed by atoms with Gasteiger partial charge in [0, 0.05) is 33.3 Å². The van der Waals surface area contributed by atoms with Crippen molar-refractivity contribution in [3.8, 4) is 11.6 Å². The van der Waals surface area contributed by atoms with E-state index in [1.54, 1.807) is 29.7 Å². The first-order valence-electron chi connectivity index (χ1n) is 11.5. The number of hydrogen-bond acceptors (Lipinski definition) is 5. The topological polar surface area (TPSA) is 59.8 Å². The van der Waals surface area contributed by atoms with Gasteiger partial charge in [0.25, 0.3) is 0 Å². The van der Waals surface area contributed by atoms with Gasteiger partial charge in [-0.25, -0.2) is 9.48 Å². The van der Waals surface area contributed by atoms with Crippen molar-refractivity contribution < 1.29 is 14.3 Å². The molecule has 0 N–H and O–H groups in total. The van der Waals surface area contributed by atoms with Crippen molar-refractivity contribution >= 4 is 17.7 Å². The third kappa shape index (κ3) is 5.38. The first kappa shape index (κ1) is 22.9. The largest absolute Gasteiger partial charge is 0.489 e. The Morgan fingerprint density at radius 1 is 1.28 bits per heavy atom. The predicted molar refractivity (Wildman–Crippen MR) is 124 cm³/mol. The number of carbonyl (C=O) groups is 1. The van der Waals surface area contributed by atoms with Crippen LogP contribution in [0.4, 0.5) is 4.79 Å². The van der Waals surface area contributed by atoms with Gasteiger partial charge in [0.05, 0.1) is 16.8 Å². The van der Waals surface area contributed by atoms with Gasteiger partial charge in [-0.1, -0.05) is 30.7 Å². The van der Waals surface area contributed by atoms with Crippen LogP contribution in [0.3, 0.4) is 0 Å². The van der Waals surface area contributed by atoms with Crippen LogP contribution in [0.1, 0.15) is 43.9 Å². The highest BCUT2D eigenvalue weighted by Crippen LogP contribution is 2.36. The number of aryl methyl sites for hydroxylation is 2. The van der Waals surface area contributed by atoms with Gasteiger partial charge in [0.1, 0.15) is 5.75 Å². The summed E-state index contributed by atoms with van der Waals surface area (Å²) in [6.07, 6.45) is 4.90. The standard InChI is InChI=1S/C24H33ClN4O3/c1-4-19-14-22(28(3)26-19)32-24(30)27(2)15-17-12-20(13-17)31-21-9-7-8-18(23(21)25)16-29-10-5-6-11-29/h7-9,14,17,20H,4-6,10-13,15-16H2,1-3H3. The molecule has 4 rings (SSSR count). The molecule has 2 aromatic rings. The van der Waals surface area contributed by atoms with Crippen molar-refractivity contribution in [3.63, 3.8) is 0 Å². The van der Waals surface area contributed by atoms with Crippen molar-refractivity contribution in [1.29, 1.82) is 0 Å². The predicted octanol–water partition coefficient (Wildman–Crippen LogP) is 4.52. The van der Waals surface area contributed by atoms with Crippen LogP contribution in [-0.4, -0.2) is 58.5 Å². The van der Waals surface area contributed by atoms with E-state index >= 15 is 0 Å². The number of nitrogens with zero attached hydrogens (tertiary/aromatic N) is 4. The maximum atomic E-state index is 12.4. The number of amides is 1. The van der Waals surface area contributed by atoms with Crippen molar-refractivity contribution in [2.45, 2.75) is 51.7 Å². The van der Waals surface area contributed by atoms with E-state index in [1.807, 2.05) is 19.1 Å². The summed E-state index contributed by atoms with van der Waals surface area (Å²) < 4.78 is 13.3. The zero-order chi connectivity index (χ0) is 22.7. The van der Waals surface area contributed by atoms with Gasteiger partial charge in [-0.15, -0.1) is 0 Å². The first-order chi connectivity index (χ1) is 15.4. The van der Waals surface area contributed by atoms with E-state index in [0.717, 1.165) is 60.9 Å². The van der Waals surface area contributed by atoms with Crippen LogP contribution < -0.4 is 9.47 Å². The number of benzene rings is 1. The van der Waals surface area contributed by atoms with Crippen LogP contribution in [0.2, 0.25) is 5.02 Å². The van der Waals surface area contributed by atoms with E-state index in [0.29, 0.717) is 18.3 Å². The average Bonchev–Trinajstić information content (AvgIpc) is 3.38. The van der Waals surface area contributed by atoms with Crippen LogP contribution in [0.25, 0.3) is 0 Å².